The monoisotopic (exact) mass is 474 g/mol. The van der Waals surface area contributed by atoms with Crippen molar-refractivity contribution < 1.29 is 30.3 Å². The van der Waals surface area contributed by atoms with Gasteiger partial charge in [0.15, 0.2) is 5.69 Å². The highest BCUT2D eigenvalue weighted by atomic mass is 35.5. The third-order valence-electron chi connectivity index (χ3n) is 4.76. The van der Waals surface area contributed by atoms with Crippen LogP contribution >= 0.6 is 11.6 Å². The molecule has 0 fully saturated rings. The van der Waals surface area contributed by atoms with Gasteiger partial charge in [-0.3, -0.25) is 4.79 Å². The van der Waals surface area contributed by atoms with Gasteiger partial charge in [0, 0.05) is 10.6 Å². The van der Waals surface area contributed by atoms with Crippen molar-refractivity contribution >= 4 is 23.7 Å². The first-order valence-electron chi connectivity index (χ1n) is 9.90. The van der Waals surface area contributed by atoms with E-state index in [4.69, 9.17) is 16.7 Å². The van der Waals surface area contributed by atoms with E-state index >= 15 is 0 Å². The minimum absolute atomic E-state index is 0.0340. The first kappa shape index (κ1) is 24.5. The van der Waals surface area contributed by atoms with Crippen molar-refractivity contribution in [1.82, 2.24) is 15.2 Å². The number of hydrogen-bond acceptors (Lipinski definition) is 8. The number of aliphatic hydroxyl groups is 5. The van der Waals surface area contributed by atoms with Crippen LogP contribution in [0.5, 0.6) is 0 Å². The van der Waals surface area contributed by atoms with E-state index in [1.54, 1.807) is 35.0 Å². The van der Waals surface area contributed by atoms with Gasteiger partial charge in [-0.15, -0.1) is 0 Å². The zero-order valence-electron chi connectivity index (χ0n) is 17.2. The summed E-state index contributed by atoms with van der Waals surface area (Å²) in [7, 11) is 0. The van der Waals surface area contributed by atoms with E-state index in [0.29, 0.717) is 16.4 Å². The number of amides is 1. The number of aliphatic hydroxyl groups excluding tert-OH is 5. The van der Waals surface area contributed by atoms with Gasteiger partial charge >= 0.3 is 0 Å². The molecule has 0 saturated carbocycles. The standard InChI is InChI=1S/C22H23ClN4O6/c23-14-6-8-15(9-7-14)27-17(13-4-2-1-3-5-13)10-16(26-27)22(33)25-24-11-18(29)20(31)21(32)19(30)12-28/h1-11,18-21,28-32H,12H2,(H,25,33)/b24-11-/t18-,19+,20+,21-/m0/s1. The van der Waals surface area contributed by atoms with Crippen molar-refractivity contribution in [1.29, 1.82) is 0 Å². The van der Waals surface area contributed by atoms with E-state index in [9.17, 15) is 25.2 Å². The molecule has 0 unspecified atom stereocenters. The normalized spacial score (nSPS) is 15.2. The number of nitrogens with one attached hydrogen (secondary N) is 1. The Morgan fingerprint density at radius 1 is 1.06 bits per heavy atom. The fourth-order valence-corrected chi connectivity index (χ4v) is 3.07. The highest BCUT2D eigenvalue weighted by Crippen LogP contribution is 2.24. The quantitative estimate of drug-likeness (QED) is 0.192. The number of aromatic nitrogens is 2. The molecule has 11 heteroatoms. The molecule has 6 N–H and O–H groups in total. The van der Waals surface area contributed by atoms with E-state index in [2.05, 4.69) is 15.6 Å². The molecule has 0 aliphatic carbocycles. The van der Waals surface area contributed by atoms with Crippen molar-refractivity contribution in [2.45, 2.75) is 24.4 Å². The van der Waals surface area contributed by atoms with E-state index < -0.39 is 36.9 Å². The molecule has 1 aromatic heterocycles. The van der Waals surface area contributed by atoms with Crippen LogP contribution in [0.2, 0.25) is 5.02 Å². The van der Waals surface area contributed by atoms with Gasteiger partial charge in [0.1, 0.15) is 24.4 Å². The molecule has 0 spiro atoms. The Morgan fingerprint density at radius 2 is 1.73 bits per heavy atom. The number of rotatable bonds is 9. The van der Waals surface area contributed by atoms with Gasteiger partial charge in [-0.25, -0.2) is 10.1 Å². The van der Waals surface area contributed by atoms with E-state index in [0.717, 1.165) is 11.8 Å². The van der Waals surface area contributed by atoms with Gasteiger partial charge in [0.25, 0.3) is 5.91 Å². The van der Waals surface area contributed by atoms with Crippen LogP contribution in [-0.4, -0.2) is 78.5 Å². The summed E-state index contributed by atoms with van der Waals surface area (Å²) >= 11 is 5.97. The second-order valence-corrected chi connectivity index (χ2v) is 7.55. The van der Waals surface area contributed by atoms with Crippen molar-refractivity contribution in [2.75, 3.05) is 6.61 Å². The average Bonchev–Trinajstić information content (AvgIpc) is 3.29. The molecule has 2 aromatic carbocycles. The van der Waals surface area contributed by atoms with Crippen molar-refractivity contribution in [3.05, 3.63) is 71.4 Å². The van der Waals surface area contributed by atoms with E-state index in [1.807, 2.05) is 30.3 Å². The van der Waals surface area contributed by atoms with Crippen LogP contribution in [0.3, 0.4) is 0 Å². The Morgan fingerprint density at radius 3 is 2.36 bits per heavy atom. The molecular weight excluding hydrogens is 452 g/mol. The molecule has 0 radical (unpaired) electrons. The molecule has 1 amide bonds. The highest BCUT2D eigenvalue weighted by Gasteiger charge is 2.29. The first-order chi connectivity index (χ1) is 15.8. The summed E-state index contributed by atoms with van der Waals surface area (Å²) in [5.74, 6) is -0.686. The fraction of sp³-hybridized carbons (Fsp3) is 0.227. The maximum absolute atomic E-state index is 12.6. The Bertz CT molecular complexity index is 1090. The molecule has 33 heavy (non-hydrogen) atoms. The van der Waals surface area contributed by atoms with Crippen LogP contribution in [0, 0.1) is 0 Å². The topological polar surface area (TPSA) is 160 Å². The molecule has 1 heterocycles. The third kappa shape index (κ3) is 6.02. The molecule has 4 atom stereocenters. The van der Waals surface area contributed by atoms with Crippen LogP contribution in [0.4, 0.5) is 0 Å². The third-order valence-corrected chi connectivity index (χ3v) is 5.01. The molecular formula is C22H23ClN4O6. The Balaban J connectivity index is 1.79. The summed E-state index contributed by atoms with van der Waals surface area (Å²) in [6.45, 7) is -0.807. The zero-order chi connectivity index (χ0) is 24.0. The summed E-state index contributed by atoms with van der Waals surface area (Å²) in [6, 6.07) is 17.8. The summed E-state index contributed by atoms with van der Waals surface area (Å²) < 4.78 is 1.58. The van der Waals surface area contributed by atoms with Crippen LogP contribution < -0.4 is 5.43 Å². The number of halogens is 1. The highest BCUT2D eigenvalue weighted by molar-refractivity contribution is 6.30. The Hall–Kier alpha value is -3.12. The van der Waals surface area contributed by atoms with E-state index in [-0.39, 0.29) is 5.69 Å². The van der Waals surface area contributed by atoms with Crippen LogP contribution in [0.15, 0.2) is 65.8 Å². The number of hydrogen-bond donors (Lipinski definition) is 6. The molecule has 0 aliphatic heterocycles. The number of benzene rings is 2. The van der Waals surface area contributed by atoms with Crippen LogP contribution in [0.1, 0.15) is 10.5 Å². The summed E-state index contributed by atoms with van der Waals surface area (Å²) in [4.78, 5) is 12.6. The first-order valence-corrected chi connectivity index (χ1v) is 10.3. The maximum Gasteiger partial charge on any atom is 0.291 e. The predicted molar refractivity (Wildman–Crippen MR) is 121 cm³/mol. The van der Waals surface area contributed by atoms with Crippen LogP contribution in [0.25, 0.3) is 16.9 Å². The summed E-state index contributed by atoms with van der Waals surface area (Å²) in [5.41, 5.74) is 4.36. The van der Waals surface area contributed by atoms with Gasteiger partial charge < -0.3 is 25.5 Å². The predicted octanol–water partition coefficient (Wildman–Crippen LogP) is 0.344. The zero-order valence-corrected chi connectivity index (χ0v) is 18.0. The summed E-state index contributed by atoms with van der Waals surface area (Å²) in [6.07, 6.45) is -6.22. The van der Waals surface area contributed by atoms with Crippen LogP contribution in [-0.2, 0) is 0 Å². The van der Waals surface area contributed by atoms with Gasteiger partial charge in [0.2, 0.25) is 0 Å². The lowest BCUT2D eigenvalue weighted by molar-refractivity contribution is -0.0999. The number of hydrazone groups is 1. The van der Waals surface area contributed by atoms with Crippen molar-refractivity contribution in [2.24, 2.45) is 5.10 Å². The fourth-order valence-electron chi connectivity index (χ4n) is 2.94. The second kappa shape index (κ2) is 11.1. The Labute approximate surface area is 194 Å². The molecule has 3 rings (SSSR count). The molecule has 10 nitrogen and oxygen atoms in total. The van der Waals surface area contributed by atoms with Crippen molar-refractivity contribution in [3.63, 3.8) is 0 Å². The molecule has 0 bridgehead atoms. The molecule has 0 saturated heterocycles. The lowest BCUT2D eigenvalue weighted by Crippen LogP contribution is -2.46. The van der Waals surface area contributed by atoms with E-state index in [1.165, 1.54) is 0 Å². The maximum atomic E-state index is 12.6. The number of nitrogens with zero attached hydrogens (tertiary/aromatic N) is 3. The largest absolute Gasteiger partial charge is 0.394 e. The molecule has 3 aromatic rings. The summed E-state index contributed by atoms with van der Waals surface area (Å²) in [5, 5.41) is 55.9. The molecule has 174 valence electrons. The lowest BCUT2D eigenvalue weighted by atomic mass is 10.0. The van der Waals surface area contributed by atoms with Gasteiger partial charge in [-0.05, 0) is 30.3 Å². The van der Waals surface area contributed by atoms with Gasteiger partial charge in [-0.1, -0.05) is 41.9 Å². The Kier molecular flexibility index (Phi) is 8.28. The lowest BCUT2D eigenvalue weighted by Gasteiger charge is -2.23. The average molecular weight is 475 g/mol. The SMILES string of the molecule is O=C(N/N=C\[C@H](O)[C@@H](O)[C@@H](O)[C@H](O)CO)c1cc(-c2ccccc2)n(-c2ccc(Cl)cc2)n1. The second-order valence-electron chi connectivity index (χ2n) is 7.11. The van der Waals surface area contributed by atoms with Crippen molar-refractivity contribution in [3.8, 4) is 16.9 Å². The minimum atomic E-state index is -1.83. The van der Waals surface area contributed by atoms with Gasteiger partial charge in [0.05, 0.1) is 24.2 Å². The minimum Gasteiger partial charge on any atom is -0.394 e. The molecule has 0 aliphatic rings. The van der Waals surface area contributed by atoms with Gasteiger partial charge in [-0.2, -0.15) is 10.2 Å². The number of carbonyl (C=O) groups excluding carboxylic acids is 1. The smallest absolute Gasteiger partial charge is 0.291 e. The number of carbonyl (C=O) groups is 1.